The molecule has 1 N–H and O–H groups in total. The van der Waals surface area contributed by atoms with Gasteiger partial charge in [0, 0.05) is 11.0 Å². The first-order chi connectivity index (χ1) is 13.5. The molecule has 0 saturated carbocycles. The zero-order valence-corrected chi connectivity index (χ0v) is 16.9. The molecule has 3 rings (SSSR count). The Labute approximate surface area is 168 Å². The zero-order valence-electron chi connectivity index (χ0n) is 16.1. The van der Waals surface area contributed by atoms with Crippen molar-refractivity contribution in [2.75, 3.05) is 11.9 Å². The summed E-state index contributed by atoms with van der Waals surface area (Å²) in [5.41, 5.74) is 2.24. The van der Waals surface area contributed by atoms with E-state index in [4.69, 9.17) is 4.74 Å². The highest BCUT2D eigenvalue weighted by Gasteiger charge is 2.29. The summed E-state index contributed by atoms with van der Waals surface area (Å²) in [6.07, 6.45) is 6.91. The standard InChI is InChI=1S/C22H24FNO3S/c1-3-14-7-11-17-18(13-14)28-21(20(17)22(26)27-4-2)24-19(25)12-8-15-5-9-16(23)10-6-15/h5-6,8-10,12,14H,3-4,7,11,13H2,1-2H3,(H,24,25). The summed E-state index contributed by atoms with van der Waals surface area (Å²) >= 11 is 1.47. The smallest absolute Gasteiger partial charge is 0.341 e. The Bertz CT molecular complexity index is 886. The van der Waals surface area contributed by atoms with Crippen molar-refractivity contribution in [3.63, 3.8) is 0 Å². The molecule has 0 saturated heterocycles. The molecule has 1 amide bonds. The summed E-state index contributed by atoms with van der Waals surface area (Å²) in [4.78, 5) is 26.1. The molecule has 1 atom stereocenters. The summed E-state index contributed by atoms with van der Waals surface area (Å²) in [5.74, 6) is -0.424. The highest BCUT2D eigenvalue weighted by Crippen LogP contribution is 2.40. The van der Waals surface area contributed by atoms with E-state index in [1.165, 1.54) is 34.4 Å². The number of ether oxygens (including phenoxy) is 1. The summed E-state index contributed by atoms with van der Waals surface area (Å²) in [6.45, 7) is 4.24. The first kappa shape index (κ1) is 20.3. The lowest BCUT2D eigenvalue weighted by molar-refractivity contribution is -0.111. The van der Waals surface area contributed by atoms with E-state index >= 15 is 0 Å². The average molecular weight is 402 g/mol. The van der Waals surface area contributed by atoms with Gasteiger partial charge in [0.2, 0.25) is 5.91 Å². The highest BCUT2D eigenvalue weighted by atomic mass is 32.1. The van der Waals surface area contributed by atoms with E-state index in [0.717, 1.165) is 36.8 Å². The fourth-order valence-electron chi connectivity index (χ4n) is 3.41. The number of hydrogen-bond donors (Lipinski definition) is 1. The molecule has 2 aromatic rings. The molecule has 1 aromatic carbocycles. The van der Waals surface area contributed by atoms with Crippen LogP contribution in [0.5, 0.6) is 0 Å². The first-order valence-electron chi connectivity index (χ1n) is 9.58. The number of nitrogens with one attached hydrogen (secondary N) is 1. The maximum atomic E-state index is 13.0. The molecule has 0 fully saturated rings. The van der Waals surface area contributed by atoms with E-state index in [1.54, 1.807) is 25.1 Å². The van der Waals surface area contributed by atoms with Crippen LogP contribution in [0.25, 0.3) is 6.08 Å². The number of carbonyl (C=O) groups excluding carboxylic acids is 2. The number of rotatable bonds is 6. The summed E-state index contributed by atoms with van der Waals surface area (Å²) in [7, 11) is 0. The van der Waals surface area contributed by atoms with Gasteiger partial charge in [-0.15, -0.1) is 11.3 Å². The highest BCUT2D eigenvalue weighted by molar-refractivity contribution is 7.17. The average Bonchev–Trinajstić information content (AvgIpc) is 3.04. The van der Waals surface area contributed by atoms with Crippen LogP contribution in [-0.2, 0) is 22.4 Å². The van der Waals surface area contributed by atoms with Crippen molar-refractivity contribution in [2.45, 2.75) is 39.5 Å². The van der Waals surface area contributed by atoms with E-state index in [0.29, 0.717) is 23.1 Å². The van der Waals surface area contributed by atoms with Gasteiger partial charge in [0.25, 0.3) is 0 Å². The molecule has 0 spiro atoms. The molecule has 1 aromatic heterocycles. The Hall–Kier alpha value is -2.47. The number of benzene rings is 1. The van der Waals surface area contributed by atoms with Gasteiger partial charge >= 0.3 is 5.97 Å². The van der Waals surface area contributed by atoms with Crippen molar-refractivity contribution in [3.8, 4) is 0 Å². The van der Waals surface area contributed by atoms with Gasteiger partial charge < -0.3 is 10.1 Å². The summed E-state index contributed by atoms with van der Waals surface area (Å²) < 4.78 is 18.2. The number of thiophene rings is 1. The number of fused-ring (bicyclic) bond motifs is 1. The van der Waals surface area contributed by atoms with Crippen LogP contribution in [0, 0.1) is 11.7 Å². The lowest BCUT2D eigenvalue weighted by Crippen LogP contribution is -2.16. The third-order valence-electron chi connectivity index (χ3n) is 4.96. The Morgan fingerprint density at radius 2 is 2.04 bits per heavy atom. The minimum Gasteiger partial charge on any atom is -0.462 e. The van der Waals surface area contributed by atoms with Crippen LogP contribution in [-0.4, -0.2) is 18.5 Å². The van der Waals surface area contributed by atoms with Crippen LogP contribution in [0.3, 0.4) is 0 Å². The molecule has 148 valence electrons. The quantitative estimate of drug-likeness (QED) is 0.533. The number of carbonyl (C=O) groups is 2. The molecule has 0 bridgehead atoms. The number of halogens is 1. The molecule has 1 aliphatic rings. The van der Waals surface area contributed by atoms with Gasteiger partial charge in [0.15, 0.2) is 0 Å². The molecule has 0 aliphatic heterocycles. The van der Waals surface area contributed by atoms with Crippen molar-refractivity contribution >= 4 is 34.3 Å². The van der Waals surface area contributed by atoms with Crippen molar-refractivity contribution in [2.24, 2.45) is 5.92 Å². The molecule has 6 heteroatoms. The van der Waals surface area contributed by atoms with Crippen LogP contribution in [0.4, 0.5) is 9.39 Å². The summed E-state index contributed by atoms with van der Waals surface area (Å²) in [5, 5.41) is 3.39. The van der Waals surface area contributed by atoms with Gasteiger partial charge in [-0.05, 0) is 61.4 Å². The van der Waals surface area contributed by atoms with Crippen molar-refractivity contribution in [3.05, 3.63) is 57.7 Å². The number of hydrogen-bond acceptors (Lipinski definition) is 4. The molecule has 4 nitrogen and oxygen atoms in total. The van der Waals surface area contributed by atoms with Crippen LogP contribution < -0.4 is 5.32 Å². The molecule has 1 unspecified atom stereocenters. The Morgan fingerprint density at radius 1 is 1.29 bits per heavy atom. The van der Waals surface area contributed by atoms with Gasteiger partial charge in [-0.1, -0.05) is 25.5 Å². The Kier molecular flexibility index (Phi) is 6.62. The topological polar surface area (TPSA) is 55.4 Å². The van der Waals surface area contributed by atoms with Crippen molar-refractivity contribution in [1.82, 2.24) is 0 Å². The molecule has 1 aliphatic carbocycles. The van der Waals surface area contributed by atoms with Crippen LogP contribution in [0.2, 0.25) is 0 Å². The minimum atomic E-state index is -0.382. The Balaban J connectivity index is 1.82. The Morgan fingerprint density at radius 3 is 2.71 bits per heavy atom. The fraction of sp³-hybridized carbons (Fsp3) is 0.364. The van der Waals surface area contributed by atoms with E-state index in [1.807, 2.05) is 0 Å². The van der Waals surface area contributed by atoms with Crippen molar-refractivity contribution in [1.29, 1.82) is 0 Å². The number of amides is 1. The minimum absolute atomic E-state index is 0.291. The van der Waals surface area contributed by atoms with Gasteiger partial charge in [0.05, 0.1) is 12.2 Å². The van der Waals surface area contributed by atoms with Crippen LogP contribution in [0.1, 0.15) is 53.1 Å². The lowest BCUT2D eigenvalue weighted by atomic mass is 9.85. The van der Waals surface area contributed by atoms with Gasteiger partial charge in [0.1, 0.15) is 10.8 Å². The normalized spacial score (nSPS) is 16.0. The maximum absolute atomic E-state index is 13.0. The summed E-state index contributed by atoms with van der Waals surface area (Å²) in [6, 6.07) is 5.87. The third-order valence-corrected chi connectivity index (χ3v) is 6.13. The lowest BCUT2D eigenvalue weighted by Gasteiger charge is -2.20. The van der Waals surface area contributed by atoms with E-state index in [-0.39, 0.29) is 17.7 Å². The SMILES string of the molecule is CCOC(=O)c1c(NC(=O)C=Cc2ccc(F)cc2)sc2c1CCC(CC)C2. The first-order valence-corrected chi connectivity index (χ1v) is 10.4. The largest absolute Gasteiger partial charge is 0.462 e. The molecule has 1 heterocycles. The molecule has 28 heavy (non-hydrogen) atoms. The second-order valence-corrected chi connectivity index (χ2v) is 7.92. The van der Waals surface area contributed by atoms with Crippen LogP contribution in [0.15, 0.2) is 30.3 Å². The van der Waals surface area contributed by atoms with E-state index < -0.39 is 0 Å². The van der Waals surface area contributed by atoms with Crippen molar-refractivity contribution < 1.29 is 18.7 Å². The predicted octanol–water partition coefficient (Wildman–Crippen LogP) is 5.23. The third kappa shape index (κ3) is 4.68. The monoisotopic (exact) mass is 401 g/mol. The number of anilines is 1. The second kappa shape index (κ2) is 9.15. The fourth-order valence-corrected chi connectivity index (χ4v) is 4.76. The van der Waals surface area contributed by atoms with Crippen LogP contribution >= 0.6 is 11.3 Å². The maximum Gasteiger partial charge on any atom is 0.341 e. The van der Waals surface area contributed by atoms with E-state index in [9.17, 15) is 14.0 Å². The van der Waals surface area contributed by atoms with Gasteiger partial charge in [-0.25, -0.2) is 9.18 Å². The second-order valence-electron chi connectivity index (χ2n) is 6.82. The molecule has 0 radical (unpaired) electrons. The van der Waals surface area contributed by atoms with E-state index in [2.05, 4.69) is 12.2 Å². The van der Waals surface area contributed by atoms with Gasteiger partial charge in [-0.2, -0.15) is 0 Å². The molecular formula is C22H24FNO3S. The zero-order chi connectivity index (χ0) is 20.1. The number of esters is 1. The predicted molar refractivity (Wildman–Crippen MR) is 110 cm³/mol. The van der Waals surface area contributed by atoms with Gasteiger partial charge in [-0.3, -0.25) is 4.79 Å². The molecular weight excluding hydrogens is 377 g/mol.